The lowest BCUT2D eigenvalue weighted by atomic mass is 10.2. The number of benzene rings is 3. The van der Waals surface area contributed by atoms with E-state index >= 15 is 0 Å². The van der Waals surface area contributed by atoms with E-state index in [2.05, 4.69) is 5.32 Å². The van der Waals surface area contributed by atoms with Gasteiger partial charge < -0.3 is 19.5 Å². The van der Waals surface area contributed by atoms with Crippen molar-refractivity contribution in [3.05, 3.63) is 88.8 Å². The molecular formula is C28H26N2O6S. The van der Waals surface area contributed by atoms with Gasteiger partial charge in [-0.1, -0.05) is 42.0 Å². The lowest BCUT2D eigenvalue weighted by Gasteiger charge is -2.13. The number of amides is 3. The molecule has 0 saturated carbocycles. The van der Waals surface area contributed by atoms with Crippen LogP contribution in [0.25, 0.3) is 6.08 Å². The number of ether oxygens (including phenoxy) is 3. The number of hydrogen-bond acceptors (Lipinski definition) is 7. The maximum atomic E-state index is 12.7. The molecule has 0 aromatic heterocycles. The third-order valence-electron chi connectivity index (χ3n) is 5.41. The van der Waals surface area contributed by atoms with Gasteiger partial charge in [-0.15, -0.1) is 0 Å². The number of anilines is 1. The summed E-state index contributed by atoms with van der Waals surface area (Å²) in [6.07, 6.45) is 1.66. The Hall–Kier alpha value is -4.24. The highest BCUT2D eigenvalue weighted by Gasteiger charge is 2.34. The summed E-state index contributed by atoms with van der Waals surface area (Å²) in [6, 6.07) is 21.6. The molecule has 9 heteroatoms. The first-order valence-electron chi connectivity index (χ1n) is 11.5. The number of carbonyl (C=O) groups excluding carboxylic acids is 3. The fraction of sp³-hybridized carbons (Fsp3) is 0.179. The highest BCUT2D eigenvalue weighted by Crippen LogP contribution is 2.32. The highest BCUT2D eigenvalue weighted by atomic mass is 32.2. The van der Waals surface area contributed by atoms with Crippen LogP contribution in [0.15, 0.2) is 77.7 Å². The second-order valence-corrected chi connectivity index (χ2v) is 9.09. The molecule has 1 aliphatic rings. The zero-order chi connectivity index (χ0) is 26.2. The van der Waals surface area contributed by atoms with Gasteiger partial charge in [0.1, 0.15) is 23.9 Å². The van der Waals surface area contributed by atoms with E-state index in [1.54, 1.807) is 48.5 Å². The van der Waals surface area contributed by atoms with Crippen LogP contribution in [0.1, 0.15) is 11.1 Å². The van der Waals surface area contributed by atoms with E-state index in [0.717, 1.165) is 22.9 Å². The molecule has 0 atom stereocenters. The van der Waals surface area contributed by atoms with E-state index in [0.29, 0.717) is 27.8 Å². The maximum absolute atomic E-state index is 12.7. The van der Waals surface area contributed by atoms with Crippen LogP contribution in [0.4, 0.5) is 10.5 Å². The Kier molecular flexibility index (Phi) is 8.48. The van der Waals surface area contributed by atoms with Crippen molar-refractivity contribution < 1.29 is 28.6 Å². The van der Waals surface area contributed by atoms with Crippen molar-refractivity contribution in [3.8, 4) is 17.2 Å². The Morgan fingerprint density at radius 1 is 0.946 bits per heavy atom. The lowest BCUT2D eigenvalue weighted by molar-refractivity contribution is -0.123. The Labute approximate surface area is 219 Å². The Balaban J connectivity index is 1.28. The number of methoxy groups -OCH3 is 1. The standard InChI is InChI=1S/C28H26N2O6S/c1-19-7-11-21(12-8-19)35-16-15-30-27(32)25(37-28(30)33)17-20-9-13-22(14-10-20)36-18-26(31)29-23-5-3-4-6-24(23)34-2/h3-14,17H,15-16,18H2,1-2H3,(H,29,31)/b25-17-. The van der Waals surface area contributed by atoms with E-state index in [9.17, 15) is 14.4 Å². The second kappa shape index (κ2) is 12.1. The molecule has 1 aliphatic heterocycles. The fourth-order valence-electron chi connectivity index (χ4n) is 3.48. The highest BCUT2D eigenvalue weighted by molar-refractivity contribution is 8.18. The molecule has 1 fully saturated rings. The van der Waals surface area contributed by atoms with Crippen molar-refractivity contribution in [2.24, 2.45) is 0 Å². The van der Waals surface area contributed by atoms with Gasteiger partial charge in [0.25, 0.3) is 17.1 Å². The number of carbonyl (C=O) groups is 3. The molecule has 1 N–H and O–H groups in total. The zero-order valence-electron chi connectivity index (χ0n) is 20.4. The summed E-state index contributed by atoms with van der Waals surface area (Å²) in [4.78, 5) is 38.8. The molecule has 1 saturated heterocycles. The minimum absolute atomic E-state index is 0.166. The summed E-state index contributed by atoms with van der Waals surface area (Å²) in [6.45, 7) is 2.19. The first-order chi connectivity index (χ1) is 17.9. The molecule has 1 heterocycles. The second-order valence-electron chi connectivity index (χ2n) is 8.10. The van der Waals surface area contributed by atoms with Gasteiger partial charge in [0.05, 0.1) is 24.2 Å². The van der Waals surface area contributed by atoms with Crippen LogP contribution >= 0.6 is 11.8 Å². The average Bonchev–Trinajstić information content (AvgIpc) is 3.17. The quantitative estimate of drug-likeness (QED) is 0.372. The van der Waals surface area contributed by atoms with Gasteiger partial charge in [-0.25, -0.2) is 0 Å². The monoisotopic (exact) mass is 518 g/mol. The van der Waals surface area contributed by atoms with Crippen LogP contribution in [0.2, 0.25) is 0 Å². The van der Waals surface area contributed by atoms with Crippen LogP contribution in [0, 0.1) is 6.92 Å². The third kappa shape index (κ3) is 6.92. The molecule has 3 aromatic carbocycles. The van der Waals surface area contributed by atoms with Crippen molar-refractivity contribution in [1.29, 1.82) is 0 Å². The fourth-order valence-corrected chi connectivity index (χ4v) is 4.34. The molecule has 0 unspecified atom stereocenters. The van der Waals surface area contributed by atoms with Gasteiger partial charge in [-0.05, 0) is 66.7 Å². The summed E-state index contributed by atoms with van der Waals surface area (Å²) in [5, 5.41) is 2.42. The van der Waals surface area contributed by atoms with Crippen molar-refractivity contribution in [2.45, 2.75) is 6.92 Å². The van der Waals surface area contributed by atoms with E-state index in [4.69, 9.17) is 14.2 Å². The largest absolute Gasteiger partial charge is 0.495 e. The topological polar surface area (TPSA) is 94.2 Å². The number of para-hydroxylation sites is 2. The predicted molar refractivity (Wildman–Crippen MR) is 143 cm³/mol. The number of nitrogens with zero attached hydrogens (tertiary/aromatic N) is 1. The first-order valence-corrected chi connectivity index (χ1v) is 12.3. The van der Waals surface area contributed by atoms with E-state index in [1.807, 2.05) is 37.3 Å². The van der Waals surface area contributed by atoms with E-state index in [1.165, 1.54) is 12.0 Å². The van der Waals surface area contributed by atoms with Crippen LogP contribution in [-0.2, 0) is 9.59 Å². The normalized spacial score (nSPS) is 14.1. The summed E-state index contributed by atoms with van der Waals surface area (Å²) in [7, 11) is 1.53. The molecule has 190 valence electrons. The van der Waals surface area contributed by atoms with Gasteiger partial charge in [0, 0.05) is 0 Å². The summed E-state index contributed by atoms with van der Waals surface area (Å²) < 4.78 is 16.4. The number of nitrogens with one attached hydrogen (secondary N) is 1. The van der Waals surface area contributed by atoms with Gasteiger partial charge in [-0.3, -0.25) is 19.3 Å². The van der Waals surface area contributed by atoms with Crippen LogP contribution in [0.5, 0.6) is 17.2 Å². The van der Waals surface area contributed by atoms with E-state index in [-0.39, 0.29) is 36.8 Å². The Bertz CT molecular complexity index is 1310. The molecule has 4 rings (SSSR count). The Morgan fingerprint density at radius 2 is 1.62 bits per heavy atom. The SMILES string of the molecule is COc1ccccc1NC(=O)COc1ccc(/C=C2\SC(=O)N(CCOc3ccc(C)cc3)C2=O)cc1. The van der Waals surface area contributed by atoms with Crippen molar-refractivity contribution in [3.63, 3.8) is 0 Å². The maximum Gasteiger partial charge on any atom is 0.293 e. The molecule has 0 spiro atoms. The lowest BCUT2D eigenvalue weighted by Crippen LogP contribution is -2.32. The van der Waals surface area contributed by atoms with Crippen molar-refractivity contribution in [1.82, 2.24) is 4.90 Å². The summed E-state index contributed by atoms with van der Waals surface area (Å²) in [5.41, 5.74) is 2.41. The molecule has 3 amide bonds. The Morgan fingerprint density at radius 3 is 2.35 bits per heavy atom. The smallest absolute Gasteiger partial charge is 0.293 e. The van der Waals surface area contributed by atoms with Gasteiger partial charge in [0.15, 0.2) is 6.61 Å². The van der Waals surface area contributed by atoms with Gasteiger partial charge >= 0.3 is 0 Å². The van der Waals surface area contributed by atoms with Crippen LogP contribution in [0.3, 0.4) is 0 Å². The van der Waals surface area contributed by atoms with Crippen molar-refractivity contribution >= 4 is 40.6 Å². The average molecular weight is 519 g/mol. The zero-order valence-corrected chi connectivity index (χ0v) is 21.2. The summed E-state index contributed by atoms with van der Waals surface area (Å²) >= 11 is 0.896. The number of imide groups is 1. The number of hydrogen-bond donors (Lipinski definition) is 1. The predicted octanol–water partition coefficient (Wildman–Crippen LogP) is 5.14. The molecule has 8 nitrogen and oxygen atoms in total. The molecule has 0 aliphatic carbocycles. The molecule has 0 radical (unpaired) electrons. The van der Waals surface area contributed by atoms with Gasteiger partial charge in [-0.2, -0.15) is 0 Å². The van der Waals surface area contributed by atoms with Crippen LogP contribution < -0.4 is 19.5 Å². The van der Waals surface area contributed by atoms with Crippen molar-refractivity contribution in [2.75, 3.05) is 32.2 Å². The van der Waals surface area contributed by atoms with E-state index < -0.39 is 0 Å². The third-order valence-corrected chi connectivity index (χ3v) is 6.31. The minimum atomic E-state index is -0.351. The number of aryl methyl sites for hydroxylation is 1. The molecule has 37 heavy (non-hydrogen) atoms. The number of thioether (sulfide) groups is 1. The molecule has 3 aromatic rings. The minimum Gasteiger partial charge on any atom is -0.495 e. The number of rotatable bonds is 10. The van der Waals surface area contributed by atoms with Crippen LogP contribution in [-0.4, -0.2) is 48.8 Å². The summed E-state index contributed by atoms with van der Waals surface area (Å²) in [5.74, 6) is 1.06. The molecule has 0 bridgehead atoms. The molecular weight excluding hydrogens is 492 g/mol. The first kappa shape index (κ1) is 25.8. The van der Waals surface area contributed by atoms with Gasteiger partial charge in [0.2, 0.25) is 0 Å².